The Labute approximate surface area is 61.1 Å². The fourth-order valence-corrected chi connectivity index (χ4v) is 1.22. The molecule has 3 nitrogen and oxygen atoms in total. The SMILES string of the molecule is C[C@@H]1C/C(=N\O)[C@@H](C)CN1. The first-order chi connectivity index (χ1) is 4.74. The van der Waals surface area contributed by atoms with E-state index in [-0.39, 0.29) is 0 Å². The van der Waals surface area contributed by atoms with E-state index in [9.17, 15) is 0 Å². The maximum Gasteiger partial charge on any atom is 0.0626 e. The van der Waals surface area contributed by atoms with Crippen molar-refractivity contribution in [3.05, 3.63) is 0 Å². The molecule has 0 spiro atoms. The minimum atomic E-state index is 0.390. The van der Waals surface area contributed by atoms with Gasteiger partial charge in [0, 0.05) is 24.9 Å². The lowest BCUT2D eigenvalue weighted by atomic mass is 9.95. The first-order valence-corrected chi connectivity index (χ1v) is 3.68. The summed E-state index contributed by atoms with van der Waals surface area (Å²) >= 11 is 0. The lowest BCUT2D eigenvalue weighted by molar-refractivity contribution is 0.308. The minimum absolute atomic E-state index is 0.390. The van der Waals surface area contributed by atoms with Gasteiger partial charge in [0.1, 0.15) is 0 Å². The van der Waals surface area contributed by atoms with Crippen molar-refractivity contribution in [3.63, 3.8) is 0 Å². The first-order valence-electron chi connectivity index (χ1n) is 3.68. The van der Waals surface area contributed by atoms with Crippen molar-refractivity contribution in [2.75, 3.05) is 6.54 Å². The van der Waals surface area contributed by atoms with Gasteiger partial charge < -0.3 is 10.5 Å². The lowest BCUT2D eigenvalue weighted by Crippen LogP contribution is -2.41. The van der Waals surface area contributed by atoms with Crippen LogP contribution in [0, 0.1) is 5.92 Å². The molecule has 10 heavy (non-hydrogen) atoms. The molecule has 1 aliphatic rings. The number of hydrogen-bond acceptors (Lipinski definition) is 3. The summed E-state index contributed by atoms with van der Waals surface area (Å²) in [6.45, 7) is 5.09. The Bertz CT molecular complexity index is 145. The van der Waals surface area contributed by atoms with E-state index in [1.165, 1.54) is 0 Å². The molecular formula is C7H14N2O. The predicted molar refractivity (Wildman–Crippen MR) is 40.5 cm³/mol. The molecule has 1 heterocycles. The Morgan fingerprint density at radius 2 is 2.30 bits per heavy atom. The highest BCUT2D eigenvalue weighted by atomic mass is 16.4. The third-order valence-corrected chi connectivity index (χ3v) is 1.99. The molecule has 0 aliphatic carbocycles. The summed E-state index contributed by atoms with van der Waals surface area (Å²) in [5, 5.41) is 15.1. The predicted octanol–water partition coefficient (Wildman–Crippen LogP) is 0.834. The highest BCUT2D eigenvalue weighted by Crippen LogP contribution is 2.10. The molecule has 0 aromatic rings. The Morgan fingerprint density at radius 3 is 2.80 bits per heavy atom. The van der Waals surface area contributed by atoms with Gasteiger partial charge in [-0.25, -0.2) is 0 Å². The second-order valence-electron chi connectivity index (χ2n) is 3.01. The molecule has 1 fully saturated rings. The largest absolute Gasteiger partial charge is 0.411 e. The molecule has 0 radical (unpaired) electrons. The molecule has 1 rings (SSSR count). The number of nitrogens with zero attached hydrogens (tertiary/aromatic N) is 1. The van der Waals surface area contributed by atoms with Crippen molar-refractivity contribution in [2.24, 2.45) is 11.1 Å². The van der Waals surface area contributed by atoms with Gasteiger partial charge in [-0.3, -0.25) is 0 Å². The van der Waals surface area contributed by atoms with Gasteiger partial charge in [0.15, 0.2) is 0 Å². The molecule has 1 aliphatic heterocycles. The highest BCUT2D eigenvalue weighted by molar-refractivity contribution is 5.87. The van der Waals surface area contributed by atoms with Gasteiger partial charge in [-0.15, -0.1) is 0 Å². The molecule has 0 saturated carbocycles. The molecule has 0 aromatic heterocycles. The zero-order chi connectivity index (χ0) is 7.56. The van der Waals surface area contributed by atoms with E-state index in [1.807, 2.05) is 0 Å². The standard InChI is InChI=1S/C7H14N2O/c1-5-4-8-6(2)3-7(5)9-10/h5-6,8,10H,3-4H2,1-2H3/b9-7+/t5-,6+/m0/s1. The van der Waals surface area contributed by atoms with E-state index in [0.717, 1.165) is 18.7 Å². The highest BCUT2D eigenvalue weighted by Gasteiger charge is 2.20. The van der Waals surface area contributed by atoms with E-state index < -0.39 is 0 Å². The maximum absolute atomic E-state index is 8.54. The summed E-state index contributed by atoms with van der Waals surface area (Å²) in [5.74, 6) is 0.390. The summed E-state index contributed by atoms with van der Waals surface area (Å²) in [6.07, 6.45) is 0.873. The van der Waals surface area contributed by atoms with Crippen molar-refractivity contribution < 1.29 is 5.21 Å². The molecule has 0 amide bonds. The van der Waals surface area contributed by atoms with Crippen molar-refractivity contribution in [2.45, 2.75) is 26.3 Å². The van der Waals surface area contributed by atoms with E-state index in [2.05, 4.69) is 24.3 Å². The van der Waals surface area contributed by atoms with Crippen LogP contribution in [-0.2, 0) is 0 Å². The Morgan fingerprint density at radius 1 is 1.60 bits per heavy atom. The normalized spacial score (nSPS) is 38.4. The summed E-state index contributed by atoms with van der Waals surface area (Å²) < 4.78 is 0. The molecular weight excluding hydrogens is 128 g/mol. The average Bonchev–Trinajstić information content (AvgIpc) is 1.94. The van der Waals surface area contributed by atoms with Crippen LogP contribution in [0.15, 0.2) is 5.16 Å². The van der Waals surface area contributed by atoms with Crippen LogP contribution in [0.25, 0.3) is 0 Å². The van der Waals surface area contributed by atoms with Gasteiger partial charge in [-0.05, 0) is 6.92 Å². The Kier molecular flexibility index (Phi) is 2.27. The number of nitrogens with one attached hydrogen (secondary N) is 1. The quantitative estimate of drug-likeness (QED) is 0.389. The van der Waals surface area contributed by atoms with Crippen LogP contribution in [0.5, 0.6) is 0 Å². The molecule has 1 saturated heterocycles. The Balaban J connectivity index is 2.54. The summed E-state index contributed by atoms with van der Waals surface area (Å²) in [5.41, 5.74) is 0.922. The molecule has 2 atom stereocenters. The van der Waals surface area contributed by atoms with Crippen LogP contribution in [0.4, 0.5) is 0 Å². The number of piperidine rings is 1. The van der Waals surface area contributed by atoms with Crippen LogP contribution in [-0.4, -0.2) is 23.5 Å². The third-order valence-electron chi connectivity index (χ3n) is 1.99. The number of oxime groups is 1. The van der Waals surface area contributed by atoms with Crippen molar-refractivity contribution >= 4 is 5.71 Å². The van der Waals surface area contributed by atoms with Gasteiger partial charge in [0.25, 0.3) is 0 Å². The van der Waals surface area contributed by atoms with Gasteiger partial charge in [-0.2, -0.15) is 0 Å². The van der Waals surface area contributed by atoms with E-state index in [0.29, 0.717) is 12.0 Å². The van der Waals surface area contributed by atoms with Crippen LogP contribution in [0.3, 0.4) is 0 Å². The van der Waals surface area contributed by atoms with Crippen molar-refractivity contribution in [3.8, 4) is 0 Å². The third kappa shape index (κ3) is 1.48. The lowest BCUT2D eigenvalue weighted by Gasteiger charge is -2.25. The van der Waals surface area contributed by atoms with E-state index in [4.69, 9.17) is 5.21 Å². The van der Waals surface area contributed by atoms with Crippen LogP contribution in [0.1, 0.15) is 20.3 Å². The van der Waals surface area contributed by atoms with Gasteiger partial charge in [-0.1, -0.05) is 12.1 Å². The molecule has 0 unspecified atom stereocenters. The van der Waals surface area contributed by atoms with Crippen LogP contribution < -0.4 is 5.32 Å². The van der Waals surface area contributed by atoms with Crippen molar-refractivity contribution in [1.82, 2.24) is 5.32 Å². The second kappa shape index (κ2) is 3.01. The maximum atomic E-state index is 8.54. The monoisotopic (exact) mass is 142 g/mol. The zero-order valence-corrected chi connectivity index (χ0v) is 6.46. The van der Waals surface area contributed by atoms with E-state index >= 15 is 0 Å². The fourth-order valence-electron chi connectivity index (χ4n) is 1.22. The van der Waals surface area contributed by atoms with Crippen LogP contribution in [0.2, 0.25) is 0 Å². The number of hydrogen-bond donors (Lipinski definition) is 2. The minimum Gasteiger partial charge on any atom is -0.411 e. The molecule has 3 heteroatoms. The summed E-state index contributed by atoms with van der Waals surface area (Å²) in [4.78, 5) is 0. The smallest absolute Gasteiger partial charge is 0.0626 e. The molecule has 0 aromatic carbocycles. The van der Waals surface area contributed by atoms with Crippen LogP contribution >= 0.6 is 0 Å². The van der Waals surface area contributed by atoms with Crippen molar-refractivity contribution in [1.29, 1.82) is 0 Å². The second-order valence-corrected chi connectivity index (χ2v) is 3.01. The Hall–Kier alpha value is -0.570. The number of rotatable bonds is 0. The molecule has 58 valence electrons. The van der Waals surface area contributed by atoms with Gasteiger partial charge >= 0.3 is 0 Å². The average molecular weight is 142 g/mol. The zero-order valence-electron chi connectivity index (χ0n) is 6.46. The topological polar surface area (TPSA) is 44.6 Å². The van der Waals surface area contributed by atoms with Gasteiger partial charge in [0.05, 0.1) is 5.71 Å². The molecule has 2 N–H and O–H groups in total. The van der Waals surface area contributed by atoms with Gasteiger partial charge in [0.2, 0.25) is 0 Å². The van der Waals surface area contributed by atoms with E-state index in [1.54, 1.807) is 0 Å². The molecule has 0 bridgehead atoms. The summed E-state index contributed by atoms with van der Waals surface area (Å²) in [7, 11) is 0. The fraction of sp³-hybridized carbons (Fsp3) is 0.857. The first kappa shape index (κ1) is 7.54. The summed E-state index contributed by atoms with van der Waals surface area (Å²) in [6, 6.07) is 0.460.